The van der Waals surface area contributed by atoms with Gasteiger partial charge in [-0.1, -0.05) is 6.07 Å². The van der Waals surface area contributed by atoms with Crippen LogP contribution in [0, 0.1) is 5.82 Å². The van der Waals surface area contributed by atoms with Crippen LogP contribution in [0.1, 0.15) is 17.3 Å². The van der Waals surface area contributed by atoms with Crippen molar-refractivity contribution >= 4 is 5.97 Å². The summed E-state index contributed by atoms with van der Waals surface area (Å²) in [5.74, 6) is 0.383. The Labute approximate surface area is 128 Å². The molecule has 0 radical (unpaired) electrons. The van der Waals surface area contributed by atoms with E-state index in [2.05, 4.69) is 0 Å². The SMILES string of the molecule is CCOC(=O)c1ccc(OCCOc2cccc(F)c2)cc1. The van der Waals surface area contributed by atoms with Crippen LogP contribution in [0.25, 0.3) is 0 Å². The molecule has 2 aromatic rings. The summed E-state index contributed by atoms with van der Waals surface area (Å²) < 4.78 is 28.7. The van der Waals surface area contributed by atoms with Crippen molar-refractivity contribution in [1.29, 1.82) is 0 Å². The average molecular weight is 304 g/mol. The molecule has 0 aliphatic heterocycles. The number of hydrogen-bond acceptors (Lipinski definition) is 4. The molecule has 0 aliphatic rings. The number of rotatable bonds is 7. The minimum absolute atomic E-state index is 0.295. The fourth-order valence-electron chi connectivity index (χ4n) is 1.78. The molecule has 4 nitrogen and oxygen atoms in total. The predicted molar refractivity (Wildman–Crippen MR) is 79.8 cm³/mol. The molecule has 0 spiro atoms. The lowest BCUT2D eigenvalue weighted by molar-refractivity contribution is 0.0526. The summed E-state index contributed by atoms with van der Waals surface area (Å²) in [6.07, 6.45) is 0. The van der Waals surface area contributed by atoms with Gasteiger partial charge in [-0.15, -0.1) is 0 Å². The number of carbonyl (C=O) groups is 1. The minimum Gasteiger partial charge on any atom is -0.490 e. The Morgan fingerprint density at radius 2 is 1.68 bits per heavy atom. The Morgan fingerprint density at radius 1 is 1.00 bits per heavy atom. The van der Waals surface area contributed by atoms with Crippen molar-refractivity contribution in [2.45, 2.75) is 6.92 Å². The number of halogens is 1. The Morgan fingerprint density at radius 3 is 2.32 bits per heavy atom. The van der Waals surface area contributed by atoms with Gasteiger partial charge in [0.2, 0.25) is 0 Å². The predicted octanol–water partition coefficient (Wildman–Crippen LogP) is 3.46. The lowest BCUT2D eigenvalue weighted by Gasteiger charge is -2.09. The molecule has 5 heteroatoms. The molecule has 0 saturated carbocycles. The highest BCUT2D eigenvalue weighted by atomic mass is 19.1. The molecule has 2 rings (SSSR count). The summed E-state index contributed by atoms with van der Waals surface area (Å²) in [5.41, 5.74) is 0.477. The molecular weight excluding hydrogens is 287 g/mol. The van der Waals surface area contributed by atoms with Gasteiger partial charge in [-0.25, -0.2) is 9.18 Å². The summed E-state index contributed by atoms with van der Waals surface area (Å²) in [6.45, 7) is 2.71. The van der Waals surface area contributed by atoms with Crippen molar-refractivity contribution in [2.24, 2.45) is 0 Å². The third kappa shape index (κ3) is 4.77. The monoisotopic (exact) mass is 304 g/mol. The summed E-state index contributed by atoms with van der Waals surface area (Å²) in [7, 11) is 0. The second kappa shape index (κ2) is 8.02. The molecule has 0 aromatic heterocycles. The van der Waals surface area contributed by atoms with E-state index in [4.69, 9.17) is 14.2 Å². The zero-order chi connectivity index (χ0) is 15.8. The van der Waals surface area contributed by atoms with E-state index in [1.807, 2.05) is 0 Å². The first-order chi connectivity index (χ1) is 10.7. The molecule has 0 unspecified atom stereocenters. The van der Waals surface area contributed by atoms with E-state index < -0.39 is 0 Å². The van der Waals surface area contributed by atoms with Crippen molar-refractivity contribution < 1.29 is 23.4 Å². The molecule has 0 heterocycles. The molecule has 116 valence electrons. The van der Waals surface area contributed by atoms with Crippen molar-refractivity contribution in [1.82, 2.24) is 0 Å². The van der Waals surface area contributed by atoms with E-state index in [0.29, 0.717) is 36.9 Å². The first-order valence-electron chi connectivity index (χ1n) is 6.97. The molecule has 0 fully saturated rings. The smallest absolute Gasteiger partial charge is 0.338 e. The van der Waals surface area contributed by atoms with E-state index >= 15 is 0 Å². The molecule has 22 heavy (non-hydrogen) atoms. The van der Waals surface area contributed by atoms with Crippen molar-refractivity contribution in [3.8, 4) is 11.5 Å². The minimum atomic E-state index is -0.358. The zero-order valence-electron chi connectivity index (χ0n) is 12.3. The van der Waals surface area contributed by atoms with E-state index in [9.17, 15) is 9.18 Å². The fraction of sp³-hybridized carbons (Fsp3) is 0.235. The van der Waals surface area contributed by atoms with Crippen LogP contribution in [-0.4, -0.2) is 25.8 Å². The normalized spacial score (nSPS) is 10.1. The van der Waals surface area contributed by atoms with Gasteiger partial charge >= 0.3 is 5.97 Å². The maximum Gasteiger partial charge on any atom is 0.338 e. The number of esters is 1. The van der Waals surface area contributed by atoms with Gasteiger partial charge < -0.3 is 14.2 Å². The Kier molecular flexibility index (Phi) is 5.77. The Bertz CT molecular complexity index is 610. The first-order valence-corrected chi connectivity index (χ1v) is 6.97. The van der Waals surface area contributed by atoms with E-state index in [-0.39, 0.29) is 11.8 Å². The van der Waals surface area contributed by atoms with E-state index in [1.165, 1.54) is 12.1 Å². The largest absolute Gasteiger partial charge is 0.490 e. The Balaban J connectivity index is 1.76. The van der Waals surface area contributed by atoms with Crippen LogP contribution in [0.4, 0.5) is 4.39 Å². The van der Waals surface area contributed by atoms with Gasteiger partial charge in [0.25, 0.3) is 0 Å². The van der Waals surface area contributed by atoms with E-state index in [1.54, 1.807) is 43.3 Å². The van der Waals surface area contributed by atoms with Crippen LogP contribution in [0.15, 0.2) is 48.5 Å². The second-order valence-corrected chi connectivity index (χ2v) is 4.40. The average Bonchev–Trinajstić information content (AvgIpc) is 2.52. The standard InChI is InChI=1S/C17H17FO4/c1-2-20-17(19)13-6-8-15(9-7-13)21-10-11-22-16-5-3-4-14(18)12-16/h3-9,12H,2,10-11H2,1H3. The van der Waals surface area contributed by atoms with Crippen molar-refractivity contribution in [2.75, 3.05) is 19.8 Å². The van der Waals surface area contributed by atoms with Crippen LogP contribution >= 0.6 is 0 Å². The van der Waals surface area contributed by atoms with Gasteiger partial charge in [-0.3, -0.25) is 0 Å². The van der Waals surface area contributed by atoms with Crippen LogP contribution < -0.4 is 9.47 Å². The molecule has 2 aromatic carbocycles. The number of ether oxygens (including phenoxy) is 3. The maximum atomic E-state index is 13.0. The van der Waals surface area contributed by atoms with Gasteiger partial charge in [0.1, 0.15) is 30.5 Å². The second-order valence-electron chi connectivity index (χ2n) is 4.40. The first kappa shape index (κ1) is 15.8. The highest BCUT2D eigenvalue weighted by Gasteiger charge is 2.05. The molecule has 0 saturated heterocycles. The van der Waals surface area contributed by atoms with Gasteiger partial charge in [-0.05, 0) is 43.3 Å². The van der Waals surface area contributed by atoms with Crippen molar-refractivity contribution in [3.63, 3.8) is 0 Å². The van der Waals surface area contributed by atoms with Gasteiger partial charge in [-0.2, -0.15) is 0 Å². The van der Waals surface area contributed by atoms with Gasteiger partial charge in [0, 0.05) is 6.07 Å². The van der Waals surface area contributed by atoms with Crippen molar-refractivity contribution in [3.05, 3.63) is 59.9 Å². The number of carbonyl (C=O) groups excluding carboxylic acids is 1. The zero-order valence-corrected chi connectivity index (χ0v) is 12.3. The Hall–Kier alpha value is -2.56. The lowest BCUT2D eigenvalue weighted by Crippen LogP contribution is -2.09. The maximum absolute atomic E-state index is 13.0. The molecule has 0 amide bonds. The van der Waals surface area contributed by atoms with E-state index in [0.717, 1.165) is 0 Å². The third-order valence-electron chi connectivity index (χ3n) is 2.78. The van der Waals surface area contributed by atoms with Gasteiger partial charge in [0.05, 0.1) is 12.2 Å². The lowest BCUT2D eigenvalue weighted by atomic mass is 10.2. The fourth-order valence-corrected chi connectivity index (χ4v) is 1.78. The molecule has 0 aliphatic carbocycles. The molecule has 0 N–H and O–H groups in total. The summed E-state index contributed by atoms with van der Waals surface area (Å²) in [4.78, 5) is 11.5. The summed E-state index contributed by atoms with van der Waals surface area (Å²) >= 11 is 0. The number of hydrogen-bond donors (Lipinski definition) is 0. The highest BCUT2D eigenvalue weighted by Crippen LogP contribution is 2.14. The van der Waals surface area contributed by atoms with Crippen LogP contribution in [0.5, 0.6) is 11.5 Å². The topological polar surface area (TPSA) is 44.8 Å². The quantitative estimate of drug-likeness (QED) is 0.580. The molecular formula is C17H17FO4. The highest BCUT2D eigenvalue weighted by molar-refractivity contribution is 5.89. The molecule has 0 bridgehead atoms. The van der Waals surface area contributed by atoms with Crippen LogP contribution in [0.2, 0.25) is 0 Å². The summed E-state index contributed by atoms with van der Waals surface area (Å²) in [5, 5.41) is 0. The third-order valence-corrected chi connectivity index (χ3v) is 2.78. The number of benzene rings is 2. The summed E-state index contributed by atoms with van der Waals surface area (Å²) in [6, 6.07) is 12.6. The van der Waals surface area contributed by atoms with Gasteiger partial charge in [0.15, 0.2) is 0 Å². The van der Waals surface area contributed by atoms with Crippen LogP contribution in [-0.2, 0) is 4.74 Å². The molecule has 0 atom stereocenters. The van der Waals surface area contributed by atoms with Crippen LogP contribution in [0.3, 0.4) is 0 Å².